The van der Waals surface area contributed by atoms with Crippen molar-refractivity contribution in [3.05, 3.63) is 16.7 Å². The molecule has 4 atom stereocenters. The standard InChI is InChI=1S/C14H20N2O6/c1-5-20-13(18)8-6-9(16-19)10(15-7(2)17)12-11(8)21-14(3,4)22-12/h6,8,10-12H,5H2,1-4H3,(H,15,17)/t8?,10-,11-,12+/m1/s1. The Morgan fingerprint density at radius 3 is 2.55 bits per heavy atom. The molecule has 8 heteroatoms. The Morgan fingerprint density at radius 2 is 2.00 bits per heavy atom. The molecule has 1 fully saturated rings. The van der Waals surface area contributed by atoms with Crippen LogP contribution < -0.4 is 5.32 Å². The van der Waals surface area contributed by atoms with Crippen molar-refractivity contribution in [2.24, 2.45) is 11.1 Å². The fourth-order valence-electron chi connectivity index (χ4n) is 2.81. The molecule has 0 bridgehead atoms. The molecule has 1 heterocycles. The van der Waals surface area contributed by atoms with Crippen LogP contribution in [0.15, 0.2) is 16.9 Å². The first-order valence-electron chi connectivity index (χ1n) is 7.13. The maximum Gasteiger partial charge on any atom is 0.315 e. The molecule has 1 unspecified atom stereocenters. The van der Waals surface area contributed by atoms with E-state index in [0.717, 1.165) is 0 Å². The van der Waals surface area contributed by atoms with Gasteiger partial charge in [0, 0.05) is 6.92 Å². The quantitative estimate of drug-likeness (QED) is 0.610. The zero-order valence-electron chi connectivity index (χ0n) is 13.0. The van der Waals surface area contributed by atoms with E-state index in [4.69, 9.17) is 14.2 Å². The molecule has 122 valence electrons. The van der Waals surface area contributed by atoms with Gasteiger partial charge in [-0.2, -0.15) is 0 Å². The predicted molar refractivity (Wildman–Crippen MR) is 75.4 cm³/mol. The van der Waals surface area contributed by atoms with Crippen LogP contribution in [-0.2, 0) is 23.8 Å². The Kier molecular flexibility index (Phi) is 4.62. The highest BCUT2D eigenvalue weighted by Crippen LogP contribution is 2.40. The minimum atomic E-state index is -0.941. The molecular formula is C14H20N2O6. The molecule has 0 aromatic rings. The third kappa shape index (κ3) is 3.17. The van der Waals surface area contributed by atoms with Crippen LogP contribution in [0.5, 0.6) is 0 Å². The molecule has 1 amide bonds. The van der Waals surface area contributed by atoms with Crippen LogP contribution in [0.4, 0.5) is 0 Å². The zero-order chi connectivity index (χ0) is 16.5. The Bertz CT molecular complexity index is 515. The summed E-state index contributed by atoms with van der Waals surface area (Å²) in [4.78, 5) is 34.6. The molecule has 22 heavy (non-hydrogen) atoms. The van der Waals surface area contributed by atoms with Gasteiger partial charge in [0.1, 0.15) is 29.9 Å². The molecule has 0 aromatic heterocycles. The molecule has 0 radical (unpaired) electrons. The van der Waals surface area contributed by atoms with E-state index >= 15 is 0 Å². The van der Waals surface area contributed by atoms with Crippen molar-refractivity contribution in [1.29, 1.82) is 0 Å². The number of ether oxygens (including phenoxy) is 3. The Labute approximate surface area is 128 Å². The maximum absolute atomic E-state index is 12.1. The van der Waals surface area contributed by atoms with Crippen LogP contribution in [0, 0.1) is 10.8 Å². The molecule has 0 aromatic carbocycles. The van der Waals surface area contributed by atoms with E-state index in [1.807, 2.05) is 0 Å². The highest BCUT2D eigenvalue weighted by atomic mass is 16.8. The second kappa shape index (κ2) is 6.13. The molecule has 2 rings (SSSR count). The van der Waals surface area contributed by atoms with Crippen LogP contribution >= 0.6 is 0 Å². The number of rotatable bonds is 4. The first-order chi connectivity index (χ1) is 10.3. The number of nitrogens with one attached hydrogen (secondary N) is 1. The van der Waals surface area contributed by atoms with Gasteiger partial charge in [-0.1, -0.05) is 0 Å². The van der Waals surface area contributed by atoms with Gasteiger partial charge in [0.2, 0.25) is 5.91 Å². The van der Waals surface area contributed by atoms with Gasteiger partial charge < -0.3 is 19.5 Å². The van der Waals surface area contributed by atoms with Crippen molar-refractivity contribution in [3.8, 4) is 0 Å². The van der Waals surface area contributed by atoms with Gasteiger partial charge in [0.25, 0.3) is 0 Å². The highest BCUT2D eigenvalue weighted by Gasteiger charge is 2.54. The summed E-state index contributed by atoms with van der Waals surface area (Å²) in [6.45, 7) is 6.63. The Morgan fingerprint density at radius 1 is 1.36 bits per heavy atom. The lowest BCUT2D eigenvalue weighted by atomic mass is 9.85. The number of nitroso groups, excluding NO2 is 1. The fraction of sp³-hybridized carbons (Fsp3) is 0.714. The molecule has 1 saturated heterocycles. The van der Waals surface area contributed by atoms with E-state index in [1.165, 1.54) is 13.0 Å². The summed E-state index contributed by atoms with van der Waals surface area (Å²) < 4.78 is 16.6. The van der Waals surface area contributed by atoms with Gasteiger partial charge in [0.05, 0.1) is 6.61 Å². The second-order valence-electron chi connectivity index (χ2n) is 5.70. The summed E-state index contributed by atoms with van der Waals surface area (Å²) in [5.41, 5.74) is 0.0378. The van der Waals surface area contributed by atoms with Gasteiger partial charge in [-0.3, -0.25) is 9.59 Å². The van der Waals surface area contributed by atoms with Crippen LogP contribution in [0.2, 0.25) is 0 Å². The first-order valence-corrected chi connectivity index (χ1v) is 7.13. The van der Waals surface area contributed by atoms with Crippen molar-refractivity contribution >= 4 is 11.9 Å². The minimum Gasteiger partial charge on any atom is -0.465 e. The van der Waals surface area contributed by atoms with Crippen molar-refractivity contribution < 1.29 is 23.8 Å². The average molecular weight is 312 g/mol. The van der Waals surface area contributed by atoms with Gasteiger partial charge in [-0.25, -0.2) is 0 Å². The third-order valence-electron chi connectivity index (χ3n) is 3.54. The topological polar surface area (TPSA) is 103 Å². The summed E-state index contributed by atoms with van der Waals surface area (Å²) in [5, 5.41) is 5.56. The number of fused-ring (bicyclic) bond motifs is 1. The molecule has 8 nitrogen and oxygen atoms in total. The SMILES string of the molecule is CCOC(=O)C1C=C(N=O)[C@@H](NC(C)=O)[C@@H]2OC(C)(C)O[C@H]12. The molecule has 0 spiro atoms. The number of amides is 1. The zero-order valence-corrected chi connectivity index (χ0v) is 13.0. The number of hydrogen-bond acceptors (Lipinski definition) is 7. The number of esters is 1. The average Bonchev–Trinajstić information content (AvgIpc) is 2.74. The maximum atomic E-state index is 12.1. The first kappa shape index (κ1) is 16.6. The number of carbonyl (C=O) groups is 2. The predicted octanol–water partition coefficient (Wildman–Crippen LogP) is 0.854. The normalized spacial score (nSPS) is 32.6. The van der Waals surface area contributed by atoms with Crippen molar-refractivity contribution in [2.45, 2.75) is 51.7 Å². The minimum absolute atomic E-state index is 0.0378. The molecule has 0 saturated carbocycles. The molecular weight excluding hydrogens is 292 g/mol. The largest absolute Gasteiger partial charge is 0.465 e. The molecule has 1 aliphatic carbocycles. The highest BCUT2D eigenvalue weighted by molar-refractivity contribution is 5.77. The Hall–Kier alpha value is -1.80. The van der Waals surface area contributed by atoms with Crippen LogP contribution in [0.25, 0.3) is 0 Å². The van der Waals surface area contributed by atoms with Gasteiger partial charge >= 0.3 is 5.97 Å². The van der Waals surface area contributed by atoms with Gasteiger partial charge in [0.15, 0.2) is 5.79 Å². The summed E-state index contributed by atoms with van der Waals surface area (Å²) in [6.07, 6.45) is 0.0414. The lowest BCUT2D eigenvalue weighted by Crippen LogP contribution is -2.53. The smallest absolute Gasteiger partial charge is 0.315 e. The van der Waals surface area contributed by atoms with E-state index in [2.05, 4.69) is 10.5 Å². The number of hydrogen-bond donors (Lipinski definition) is 1. The molecule has 2 aliphatic rings. The van der Waals surface area contributed by atoms with E-state index in [-0.39, 0.29) is 18.2 Å². The summed E-state index contributed by atoms with van der Waals surface area (Å²) in [6, 6.07) is -0.757. The summed E-state index contributed by atoms with van der Waals surface area (Å²) in [7, 11) is 0. The fourth-order valence-corrected chi connectivity index (χ4v) is 2.81. The van der Waals surface area contributed by atoms with Crippen molar-refractivity contribution in [3.63, 3.8) is 0 Å². The molecule has 1 N–H and O–H groups in total. The van der Waals surface area contributed by atoms with Crippen molar-refractivity contribution in [1.82, 2.24) is 5.32 Å². The third-order valence-corrected chi connectivity index (χ3v) is 3.54. The van der Waals surface area contributed by atoms with Gasteiger partial charge in [-0.05, 0) is 32.0 Å². The van der Waals surface area contributed by atoms with Crippen LogP contribution in [0.3, 0.4) is 0 Å². The van der Waals surface area contributed by atoms with E-state index in [1.54, 1.807) is 20.8 Å². The summed E-state index contributed by atoms with van der Waals surface area (Å²) in [5.74, 6) is -2.59. The Balaban J connectivity index is 2.38. The van der Waals surface area contributed by atoms with E-state index in [0.29, 0.717) is 0 Å². The van der Waals surface area contributed by atoms with E-state index < -0.39 is 35.9 Å². The second-order valence-corrected chi connectivity index (χ2v) is 5.70. The summed E-state index contributed by atoms with van der Waals surface area (Å²) >= 11 is 0. The van der Waals surface area contributed by atoms with Crippen molar-refractivity contribution in [2.75, 3.05) is 6.61 Å². The lowest BCUT2D eigenvalue weighted by Gasteiger charge is -2.33. The number of nitrogens with zero attached hydrogens (tertiary/aromatic N) is 1. The van der Waals surface area contributed by atoms with Crippen LogP contribution in [-0.4, -0.2) is 42.5 Å². The molecule has 1 aliphatic heterocycles. The lowest BCUT2D eigenvalue weighted by molar-refractivity contribution is -0.160. The van der Waals surface area contributed by atoms with Gasteiger partial charge in [-0.15, -0.1) is 4.91 Å². The van der Waals surface area contributed by atoms with E-state index in [9.17, 15) is 14.5 Å². The van der Waals surface area contributed by atoms with Crippen LogP contribution in [0.1, 0.15) is 27.7 Å². The number of carbonyl (C=O) groups excluding carboxylic acids is 2. The monoisotopic (exact) mass is 312 g/mol.